The summed E-state index contributed by atoms with van der Waals surface area (Å²) in [7, 11) is 1.51. The lowest BCUT2D eigenvalue weighted by molar-refractivity contribution is -0.132. The number of fused-ring (bicyclic) bond motifs is 1. The Hall–Kier alpha value is -3.20. The number of halogens is 1. The average molecular weight is 511 g/mol. The second-order valence-corrected chi connectivity index (χ2v) is 10.4. The van der Waals surface area contributed by atoms with Crippen molar-refractivity contribution >= 4 is 67.1 Å². The number of Topliss-reactive ketones (excluding diaryl/α,β-unsaturated/α-hetero) is 1. The van der Waals surface area contributed by atoms with E-state index in [2.05, 4.69) is 4.98 Å². The molecule has 34 heavy (non-hydrogen) atoms. The number of hydrogen-bond donors (Lipinski definition) is 1. The molecule has 0 aliphatic carbocycles. The van der Waals surface area contributed by atoms with E-state index in [1.807, 2.05) is 37.4 Å². The fraction of sp³-hybridized carbons (Fsp3) is 0.160. The van der Waals surface area contributed by atoms with Crippen molar-refractivity contribution < 1.29 is 19.4 Å². The van der Waals surface area contributed by atoms with Crippen LogP contribution in [0.3, 0.4) is 0 Å². The van der Waals surface area contributed by atoms with E-state index >= 15 is 0 Å². The fourth-order valence-electron chi connectivity index (χ4n) is 4.28. The number of anilines is 1. The zero-order valence-electron chi connectivity index (χ0n) is 18.5. The molecule has 9 heteroatoms. The van der Waals surface area contributed by atoms with Crippen molar-refractivity contribution in [3.8, 4) is 5.75 Å². The first-order valence-electron chi connectivity index (χ1n) is 10.4. The molecular formula is C25H19ClN2O4S2. The highest BCUT2D eigenvalue weighted by molar-refractivity contribution is 7.22. The number of aliphatic hydroxyl groups is 1. The Morgan fingerprint density at radius 2 is 1.97 bits per heavy atom. The molecule has 172 valence electrons. The standard InChI is InChI=1S/C25H19ClN2O4S2/c1-12-9-13(2)23(32-3)15(10-12)21(29)19-20(17-5-4-8-33-17)28(24(31)22(19)30)25-27-16-7-6-14(26)11-18(16)34-25/h4-11,20,29H,1-3H3/b21-19+. The number of thiazole rings is 1. The van der Waals surface area contributed by atoms with Gasteiger partial charge in [0.2, 0.25) is 0 Å². The van der Waals surface area contributed by atoms with Crippen LogP contribution in [0.15, 0.2) is 53.4 Å². The fourth-order valence-corrected chi connectivity index (χ4v) is 6.37. The number of methoxy groups -OCH3 is 1. The van der Waals surface area contributed by atoms with Crippen LogP contribution in [0, 0.1) is 13.8 Å². The smallest absolute Gasteiger partial charge is 0.301 e. The predicted molar refractivity (Wildman–Crippen MR) is 136 cm³/mol. The zero-order valence-corrected chi connectivity index (χ0v) is 20.8. The van der Waals surface area contributed by atoms with Gasteiger partial charge in [-0.15, -0.1) is 11.3 Å². The number of aromatic nitrogens is 1. The van der Waals surface area contributed by atoms with Gasteiger partial charge in [0.25, 0.3) is 5.78 Å². The summed E-state index contributed by atoms with van der Waals surface area (Å²) >= 11 is 8.80. The number of benzene rings is 2. The predicted octanol–water partition coefficient (Wildman–Crippen LogP) is 6.26. The molecule has 0 radical (unpaired) electrons. The van der Waals surface area contributed by atoms with Crippen LogP contribution in [0.25, 0.3) is 16.0 Å². The topological polar surface area (TPSA) is 79.7 Å². The first kappa shape index (κ1) is 22.6. The number of hydrogen-bond acceptors (Lipinski definition) is 7. The van der Waals surface area contributed by atoms with Crippen LogP contribution in [-0.4, -0.2) is 28.9 Å². The van der Waals surface area contributed by atoms with Crippen molar-refractivity contribution in [2.24, 2.45) is 0 Å². The number of aliphatic hydroxyl groups excluding tert-OH is 1. The number of nitrogens with zero attached hydrogens (tertiary/aromatic N) is 2. The third kappa shape index (κ3) is 3.58. The zero-order chi connectivity index (χ0) is 24.1. The van der Waals surface area contributed by atoms with Crippen LogP contribution in [0.5, 0.6) is 5.75 Å². The normalized spacial score (nSPS) is 17.6. The lowest BCUT2D eigenvalue weighted by Crippen LogP contribution is -2.28. The molecule has 3 heterocycles. The van der Waals surface area contributed by atoms with Gasteiger partial charge in [0, 0.05) is 9.90 Å². The molecule has 1 amide bonds. The van der Waals surface area contributed by atoms with Crippen LogP contribution in [0.2, 0.25) is 5.02 Å². The molecule has 1 saturated heterocycles. The Labute approximate surface area is 208 Å². The number of amides is 1. The minimum Gasteiger partial charge on any atom is -0.507 e. The molecule has 1 aliphatic heterocycles. The highest BCUT2D eigenvalue weighted by atomic mass is 35.5. The van der Waals surface area contributed by atoms with Gasteiger partial charge in [-0.25, -0.2) is 4.98 Å². The minimum atomic E-state index is -0.818. The van der Waals surface area contributed by atoms with Gasteiger partial charge in [-0.2, -0.15) is 0 Å². The van der Waals surface area contributed by atoms with E-state index in [1.54, 1.807) is 24.3 Å². The van der Waals surface area contributed by atoms with Crippen LogP contribution < -0.4 is 9.64 Å². The summed E-state index contributed by atoms with van der Waals surface area (Å²) in [6, 6.07) is 11.8. The van der Waals surface area contributed by atoms with Gasteiger partial charge in [0.1, 0.15) is 17.6 Å². The third-order valence-corrected chi connectivity index (χ3v) is 7.86. The molecule has 0 spiro atoms. The SMILES string of the molecule is COc1c(C)cc(C)cc1/C(O)=C1\C(=O)C(=O)N(c2nc3ccc(Cl)cc3s2)C1c1cccs1. The Bertz CT molecular complexity index is 1490. The Balaban J connectivity index is 1.75. The van der Waals surface area contributed by atoms with E-state index < -0.39 is 17.7 Å². The Morgan fingerprint density at radius 1 is 1.18 bits per heavy atom. The van der Waals surface area contributed by atoms with Crippen molar-refractivity contribution in [1.29, 1.82) is 0 Å². The maximum atomic E-state index is 13.4. The lowest BCUT2D eigenvalue weighted by Gasteiger charge is -2.22. The Morgan fingerprint density at radius 3 is 2.68 bits per heavy atom. The van der Waals surface area contributed by atoms with E-state index in [9.17, 15) is 14.7 Å². The Kier molecular flexibility index (Phi) is 5.67. The van der Waals surface area contributed by atoms with Crippen molar-refractivity contribution in [2.75, 3.05) is 12.0 Å². The van der Waals surface area contributed by atoms with Gasteiger partial charge in [-0.3, -0.25) is 14.5 Å². The van der Waals surface area contributed by atoms with Crippen molar-refractivity contribution in [3.63, 3.8) is 0 Å². The minimum absolute atomic E-state index is 0.00744. The molecule has 5 rings (SSSR count). The van der Waals surface area contributed by atoms with Gasteiger partial charge in [0.15, 0.2) is 5.13 Å². The number of carbonyl (C=O) groups is 2. The number of rotatable bonds is 4. The van der Waals surface area contributed by atoms with Crippen LogP contribution in [-0.2, 0) is 9.59 Å². The summed E-state index contributed by atoms with van der Waals surface area (Å²) in [5.74, 6) is -1.33. The molecule has 1 unspecified atom stereocenters. The molecule has 1 atom stereocenters. The van der Waals surface area contributed by atoms with Crippen molar-refractivity contribution in [3.05, 3.63) is 80.0 Å². The van der Waals surface area contributed by atoms with E-state index in [0.717, 1.165) is 20.7 Å². The van der Waals surface area contributed by atoms with Gasteiger partial charge in [0.05, 0.1) is 28.5 Å². The van der Waals surface area contributed by atoms with Crippen LogP contribution in [0.4, 0.5) is 5.13 Å². The highest BCUT2D eigenvalue weighted by Crippen LogP contribution is 2.46. The van der Waals surface area contributed by atoms with Gasteiger partial charge in [-0.05, 0) is 60.7 Å². The van der Waals surface area contributed by atoms with E-state index in [4.69, 9.17) is 16.3 Å². The quantitative estimate of drug-likeness (QED) is 0.199. The maximum absolute atomic E-state index is 13.4. The summed E-state index contributed by atoms with van der Waals surface area (Å²) < 4.78 is 6.33. The van der Waals surface area contributed by atoms with Gasteiger partial charge in [-0.1, -0.05) is 35.1 Å². The number of thiophene rings is 1. The summed E-state index contributed by atoms with van der Waals surface area (Å²) in [4.78, 5) is 33.4. The average Bonchev–Trinajstić information content (AvgIpc) is 3.51. The lowest BCUT2D eigenvalue weighted by atomic mass is 9.97. The molecular weight excluding hydrogens is 492 g/mol. The maximum Gasteiger partial charge on any atom is 0.301 e. The van der Waals surface area contributed by atoms with Gasteiger partial charge >= 0.3 is 5.91 Å². The summed E-state index contributed by atoms with van der Waals surface area (Å²) in [6.45, 7) is 3.76. The van der Waals surface area contributed by atoms with E-state index in [0.29, 0.717) is 27.0 Å². The molecule has 1 aliphatic rings. The first-order valence-corrected chi connectivity index (χ1v) is 12.4. The molecule has 4 aromatic rings. The van der Waals surface area contributed by atoms with Crippen LogP contribution in [0.1, 0.15) is 27.6 Å². The molecule has 0 bridgehead atoms. The summed E-state index contributed by atoms with van der Waals surface area (Å²) in [6.07, 6.45) is 0. The highest BCUT2D eigenvalue weighted by Gasteiger charge is 2.49. The number of aryl methyl sites for hydroxylation is 2. The van der Waals surface area contributed by atoms with Crippen molar-refractivity contribution in [1.82, 2.24) is 4.98 Å². The van der Waals surface area contributed by atoms with Crippen molar-refractivity contribution in [2.45, 2.75) is 19.9 Å². The molecule has 1 N–H and O–H groups in total. The second-order valence-electron chi connectivity index (χ2n) is 7.96. The number of ketones is 1. The van der Waals surface area contributed by atoms with Gasteiger partial charge < -0.3 is 9.84 Å². The molecule has 2 aromatic carbocycles. The summed E-state index contributed by atoms with van der Waals surface area (Å²) in [5.41, 5.74) is 2.76. The van der Waals surface area contributed by atoms with Crippen LogP contribution >= 0.6 is 34.3 Å². The monoisotopic (exact) mass is 510 g/mol. The molecule has 1 fully saturated rings. The largest absolute Gasteiger partial charge is 0.507 e. The first-order chi connectivity index (χ1) is 16.3. The van der Waals surface area contributed by atoms with E-state index in [1.165, 1.54) is 34.7 Å². The number of carbonyl (C=O) groups excluding carboxylic acids is 2. The number of ether oxygens (including phenoxy) is 1. The third-order valence-electron chi connectivity index (χ3n) is 5.68. The molecule has 6 nitrogen and oxygen atoms in total. The van der Waals surface area contributed by atoms with E-state index in [-0.39, 0.29) is 11.3 Å². The molecule has 0 saturated carbocycles. The summed E-state index contributed by atoms with van der Waals surface area (Å²) in [5, 5.41) is 14.2. The second kappa shape index (κ2) is 8.54. The molecule has 2 aromatic heterocycles.